The largest absolute Gasteiger partial charge is 0.461 e. The number of hydrogen-bond donors (Lipinski definition) is 0. The van der Waals surface area contributed by atoms with Crippen molar-refractivity contribution in [1.82, 2.24) is 9.97 Å². The molecule has 0 fully saturated rings. The smallest absolute Gasteiger partial charge is 0.306 e. The molecule has 0 unspecified atom stereocenters. The monoisotopic (exact) mass is 346 g/mol. The number of ether oxygens (including phenoxy) is 1. The lowest BCUT2D eigenvalue weighted by Gasteiger charge is -2.04. The van der Waals surface area contributed by atoms with Crippen LogP contribution in [0.5, 0.6) is 0 Å². The Bertz CT molecular complexity index is 769. The average Bonchev–Trinajstić information content (AvgIpc) is 2.97. The molecule has 3 rings (SSSR count). The van der Waals surface area contributed by atoms with Gasteiger partial charge >= 0.3 is 5.97 Å². The Balaban J connectivity index is 1.43. The molecule has 0 atom stereocenters. The number of benzene rings is 1. The Hall–Kier alpha value is -1.98. The molecule has 0 saturated heterocycles. The van der Waals surface area contributed by atoms with Gasteiger partial charge in [-0.3, -0.25) is 4.79 Å². The summed E-state index contributed by atoms with van der Waals surface area (Å²) in [7, 11) is 0. The third-order valence-corrected chi connectivity index (χ3v) is 4.62. The minimum absolute atomic E-state index is 0.207. The zero-order chi connectivity index (χ0) is 16.1. The van der Waals surface area contributed by atoms with Gasteiger partial charge in [-0.15, -0.1) is 11.3 Å². The highest BCUT2D eigenvalue weighted by atomic mass is 35.5. The number of halogens is 1. The lowest BCUT2D eigenvalue weighted by Crippen LogP contribution is -2.05. The maximum atomic E-state index is 11.8. The number of nitrogens with zero attached hydrogens (tertiary/aromatic N) is 2. The van der Waals surface area contributed by atoms with Crippen molar-refractivity contribution in [2.45, 2.75) is 25.9 Å². The van der Waals surface area contributed by atoms with Gasteiger partial charge in [0.25, 0.3) is 0 Å². The van der Waals surface area contributed by atoms with Crippen LogP contribution in [0.15, 0.2) is 42.6 Å². The number of aromatic nitrogens is 2. The summed E-state index contributed by atoms with van der Waals surface area (Å²) in [6.45, 7) is 0.226. The van der Waals surface area contributed by atoms with Crippen LogP contribution in [0.4, 0.5) is 0 Å². The first-order valence-electron chi connectivity index (χ1n) is 7.31. The van der Waals surface area contributed by atoms with E-state index < -0.39 is 0 Å². The van der Waals surface area contributed by atoms with E-state index in [1.54, 1.807) is 29.7 Å². The first kappa shape index (κ1) is 15.9. The Morgan fingerprint density at radius 3 is 2.87 bits per heavy atom. The van der Waals surface area contributed by atoms with E-state index >= 15 is 0 Å². The van der Waals surface area contributed by atoms with E-state index in [0.29, 0.717) is 11.6 Å². The van der Waals surface area contributed by atoms with Gasteiger partial charge in [0.15, 0.2) is 0 Å². The Kier molecular flexibility index (Phi) is 5.20. The molecule has 0 aliphatic heterocycles. The molecule has 0 spiro atoms. The summed E-state index contributed by atoms with van der Waals surface area (Å²) in [5, 5.41) is 1.48. The summed E-state index contributed by atoms with van der Waals surface area (Å²) in [5.74, 6) is -0.207. The van der Waals surface area contributed by atoms with E-state index in [1.165, 1.54) is 4.70 Å². The van der Waals surface area contributed by atoms with Crippen LogP contribution >= 0.6 is 22.9 Å². The lowest BCUT2D eigenvalue weighted by molar-refractivity contribution is -0.145. The molecule has 0 N–H and O–H groups in total. The van der Waals surface area contributed by atoms with E-state index in [1.807, 2.05) is 18.2 Å². The fraction of sp³-hybridized carbons (Fsp3) is 0.235. The molecular weight excluding hydrogens is 332 g/mol. The van der Waals surface area contributed by atoms with Crippen molar-refractivity contribution < 1.29 is 9.53 Å². The first-order chi connectivity index (χ1) is 11.2. The standard InChI is InChI=1S/C17H15ClN2O2S/c18-15-9-8-12(10-19-15)11-22-17(21)7-3-6-16-20-13-4-1-2-5-14(13)23-16/h1-2,4-5,8-10H,3,6-7,11H2. The van der Waals surface area contributed by atoms with Gasteiger partial charge in [0.05, 0.1) is 15.2 Å². The molecule has 4 nitrogen and oxygen atoms in total. The molecule has 23 heavy (non-hydrogen) atoms. The van der Waals surface area contributed by atoms with Crippen molar-refractivity contribution in [3.05, 3.63) is 58.3 Å². The zero-order valence-corrected chi connectivity index (χ0v) is 13.9. The second-order valence-electron chi connectivity index (χ2n) is 5.08. The summed E-state index contributed by atoms with van der Waals surface area (Å²) in [6, 6.07) is 11.5. The van der Waals surface area contributed by atoms with Crippen molar-refractivity contribution in [2.24, 2.45) is 0 Å². The molecule has 0 amide bonds. The predicted molar refractivity (Wildman–Crippen MR) is 91.6 cm³/mol. The van der Waals surface area contributed by atoms with Gasteiger partial charge in [0.1, 0.15) is 11.8 Å². The van der Waals surface area contributed by atoms with Crippen LogP contribution in [0.1, 0.15) is 23.4 Å². The van der Waals surface area contributed by atoms with E-state index in [2.05, 4.69) is 16.0 Å². The van der Waals surface area contributed by atoms with Crippen LogP contribution in [0, 0.1) is 0 Å². The first-order valence-corrected chi connectivity index (χ1v) is 8.51. The number of hydrogen-bond acceptors (Lipinski definition) is 5. The molecule has 0 aliphatic rings. The molecule has 1 aromatic carbocycles. The number of fused-ring (bicyclic) bond motifs is 1. The second kappa shape index (κ2) is 7.53. The van der Waals surface area contributed by atoms with E-state index in [-0.39, 0.29) is 12.6 Å². The summed E-state index contributed by atoms with van der Waals surface area (Å²) < 4.78 is 6.41. The predicted octanol–water partition coefficient (Wildman–Crippen LogP) is 4.41. The molecule has 6 heteroatoms. The topological polar surface area (TPSA) is 52.1 Å². The maximum absolute atomic E-state index is 11.8. The summed E-state index contributed by atoms with van der Waals surface area (Å²) in [5.41, 5.74) is 1.85. The fourth-order valence-electron chi connectivity index (χ4n) is 2.14. The van der Waals surface area contributed by atoms with Crippen LogP contribution in [0.3, 0.4) is 0 Å². The SMILES string of the molecule is O=C(CCCc1nc2ccccc2s1)OCc1ccc(Cl)nc1. The molecule has 2 aromatic heterocycles. The van der Waals surface area contributed by atoms with E-state index in [9.17, 15) is 4.79 Å². The number of carbonyl (C=O) groups is 1. The van der Waals surface area contributed by atoms with Crippen LogP contribution < -0.4 is 0 Å². The van der Waals surface area contributed by atoms with E-state index in [4.69, 9.17) is 16.3 Å². The minimum Gasteiger partial charge on any atom is -0.461 e. The quantitative estimate of drug-likeness (QED) is 0.490. The van der Waals surface area contributed by atoms with Gasteiger partial charge in [0.2, 0.25) is 0 Å². The van der Waals surface area contributed by atoms with Crippen LogP contribution in [-0.2, 0) is 22.6 Å². The lowest BCUT2D eigenvalue weighted by atomic mass is 10.2. The third-order valence-electron chi connectivity index (χ3n) is 3.30. The number of carbonyl (C=O) groups excluding carboxylic acids is 1. The molecule has 2 heterocycles. The van der Waals surface area contributed by atoms with Crippen LogP contribution in [-0.4, -0.2) is 15.9 Å². The van der Waals surface area contributed by atoms with Crippen molar-refractivity contribution in [1.29, 1.82) is 0 Å². The number of thiazole rings is 1. The van der Waals surface area contributed by atoms with Gasteiger partial charge in [-0.2, -0.15) is 0 Å². The van der Waals surface area contributed by atoms with Crippen molar-refractivity contribution in [3.63, 3.8) is 0 Å². The summed E-state index contributed by atoms with van der Waals surface area (Å²) >= 11 is 7.38. The highest BCUT2D eigenvalue weighted by molar-refractivity contribution is 7.18. The average molecular weight is 347 g/mol. The Labute approximate surface area is 143 Å². The molecular formula is C17H15ClN2O2S. The van der Waals surface area contributed by atoms with E-state index in [0.717, 1.165) is 28.9 Å². The maximum Gasteiger partial charge on any atom is 0.306 e. The van der Waals surface area contributed by atoms with Crippen molar-refractivity contribution in [2.75, 3.05) is 0 Å². The number of esters is 1. The Morgan fingerprint density at radius 1 is 1.22 bits per heavy atom. The second-order valence-corrected chi connectivity index (χ2v) is 6.58. The van der Waals surface area contributed by atoms with Crippen molar-refractivity contribution in [3.8, 4) is 0 Å². The normalized spacial score (nSPS) is 10.8. The van der Waals surface area contributed by atoms with Gasteiger partial charge in [-0.25, -0.2) is 9.97 Å². The number of rotatable bonds is 6. The zero-order valence-electron chi connectivity index (χ0n) is 12.4. The van der Waals surface area contributed by atoms with Gasteiger partial charge < -0.3 is 4.74 Å². The number of pyridine rings is 1. The van der Waals surface area contributed by atoms with Crippen molar-refractivity contribution >= 4 is 39.1 Å². The number of para-hydroxylation sites is 1. The highest BCUT2D eigenvalue weighted by Crippen LogP contribution is 2.22. The third kappa shape index (κ3) is 4.50. The molecule has 0 saturated carbocycles. The van der Waals surface area contributed by atoms with Gasteiger partial charge in [-0.05, 0) is 31.0 Å². The fourth-order valence-corrected chi connectivity index (χ4v) is 3.26. The summed E-state index contributed by atoms with van der Waals surface area (Å²) in [6.07, 6.45) is 3.52. The molecule has 118 valence electrons. The highest BCUT2D eigenvalue weighted by Gasteiger charge is 2.07. The molecule has 0 bridgehead atoms. The molecule has 0 aliphatic carbocycles. The number of aryl methyl sites for hydroxylation is 1. The van der Waals surface area contributed by atoms with Crippen LogP contribution in [0.25, 0.3) is 10.2 Å². The van der Waals surface area contributed by atoms with Crippen LogP contribution in [0.2, 0.25) is 5.15 Å². The van der Waals surface area contributed by atoms with Gasteiger partial charge in [0, 0.05) is 18.2 Å². The Morgan fingerprint density at radius 2 is 2.09 bits per heavy atom. The minimum atomic E-state index is -0.207. The van der Waals surface area contributed by atoms with Gasteiger partial charge in [-0.1, -0.05) is 29.8 Å². The summed E-state index contributed by atoms with van der Waals surface area (Å²) in [4.78, 5) is 20.3. The molecule has 0 radical (unpaired) electrons. The molecule has 3 aromatic rings.